The second-order valence-electron chi connectivity index (χ2n) is 8.31. The number of likely N-dealkylation sites (tertiary alicyclic amines) is 1. The number of hydrogen-bond acceptors (Lipinski definition) is 7. The number of nitrogens with one attached hydrogen (secondary N) is 2. The Morgan fingerprint density at radius 1 is 1.12 bits per heavy atom. The molecule has 9 heteroatoms. The number of amides is 1. The van der Waals surface area contributed by atoms with E-state index in [1.54, 1.807) is 10.7 Å². The maximum absolute atomic E-state index is 12.5. The van der Waals surface area contributed by atoms with E-state index in [1.807, 2.05) is 39.0 Å². The summed E-state index contributed by atoms with van der Waals surface area (Å²) in [7, 11) is 0. The minimum absolute atomic E-state index is 0.147. The lowest BCUT2D eigenvalue weighted by atomic mass is 10.3. The minimum atomic E-state index is -0.147. The van der Waals surface area contributed by atoms with E-state index in [2.05, 4.69) is 30.6 Å². The lowest BCUT2D eigenvalue weighted by molar-refractivity contribution is -0.115. The van der Waals surface area contributed by atoms with E-state index in [1.165, 1.54) is 25.9 Å². The molecule has 1 aliphatic heterocycles. The van der Waals surface area contributed by atoms with E-state index in [4.69, 9.17) is 4.42 Å². The summed E-state index contributed by atoms with van der Waals surface area (Å²) in [4.78, 5) is 24.1. The van der Waals surface area contributed by atoms with Crippen LogP contribution in [0.3, 0.4) is 0 Å². The molecule has 1 aliphatic rings. The molecule has 9 nitrogen and oxygen atoms in total. The number of carbonyl (C=O) groups is 1. The number of nitrogens with zero attached hydrogens (tertiary/aromatic N) is 5. The number of hydrogen-bond donors (Lipinski definition) is 2. The van der Waals surface area contributed by atoms with Gasteiger partial charge >= 0.3 is 0 Å². The molecule has 2 N–H and O–H groups in total. The van der Waals surface area contributed by atoms with Gasteiger partial charge in [-0.2, -0.15) is 5.10 Å². The molecule has 3 aromatic heterocycles. The van der Waals surface area contributed by atoms with Crippen LogP contribution in [0.1, 0.15) is 36.4 Å². The van der Waals surface area contributed by atoms with Crippen molar-refractivity contribution in [2.75, 3.05) is 38.0 Å². The molecule has 0 spiro atoms. The molecule has 0 bridgehead atoms. The predicted molar refractivity (Wildman–Crippen MR) is 123 cm³/mol. The molecule has 1 fully saturated rings. The summed E-state index contributed by atoms with van der Waals surface area (Å²) in [6.07, 6.45) is 3.63. The smallest absolute Gasteiger partial charge is 0.239 e. The highest BCUT2D eigenvalue weighted by molar-refractivity contribution is 5.91. The second-order valence-corrected chi connectivity index (χ2v) is 8.31. The van der Waals surface area contributed by atoms with Gasteiger partial charge in [0.05, 0.1) is 12.2 Å². The monoisotopic (exact) mass is 437 g/mol. The molecular formula is C23H31N7O2. The molecule has 0 atom stereocenters. The fraction of sp³-hybridized carbons (Fsp3) is 0.478. The largest absolute Gasteiger partial charge is 0.458 e. The summed E-state index contributed by atoms with van der Waals surface area (Å²) in [5, 5.41) is 10.6. The Hall–Kier alpha value is -3.04. The molecule has 3 aromatic rings. The second kappa shape index (κ2) is 10.1. The van der Waals surface area contributed by atoms with Gasteiger partial charge in [0.1, 0.15) is 11.6 Å². The molecule has 0 aliphatic carbocycles. The normalized spacial score (nSPS) is 14.2. The number of carbonyl (C=O) groups excluding carboxylic acids is 1. The van der Waals surface area contributed by atoms with Crippen LogP contribution in [0.2, 0.25) is 0 Å². The molecule has 0 unspecified atom stereocenters. The summed E-state index contributed by atoms with van der Waals surface area (Å²) in [6, 6.07) is 7.38. The first-order valence-corrected chi connectivity index (χ1v) is 11.2. The van der Waals surface area contributed by atoms with Gasteiger partial charge in [-0.05, 0) is 84.4 Å². The fourth-order valence-corrected chi connectivity index (χ4v) is 3.96. The van der Waals surface area contributed by atoms with Crippen molar-refractivity contribution in [3.63, 3.8) is 0 Å². The van der Waals surface area contributed by atoms with E-state index in [0.717, 1.165) is 36.7 Å². The van der Waals surface area contributed by atoms with Crippen molar-refractivity contribution in [1.29, 1.82) is 0 Å². The van der Waals surface area contributed by atoms with Crippen LogP contribution < -0.4 is 10.6 Å². The van der Waals surface area contributed by atoms with Gasteiger partial charge in [-0.1, -0.05) is 0 Å². The van der Waals surface area contributed by atoms with Crippen LogP contribution >= 0.6 is 0 Å². The summed E-state index contributed by atoms with van der Waals surface area (Å²) in [6.45, 7) is 10.3. The van der Waals surface area contributed by atoms with Gasteiger partial charge in [0, 0.05) is 11.8 Å². The third-order valence-corrected chi connectivity index (χ3v) is 5.48. The third-order valence-electron chi connectivity index (χ3n) is 5.48. The Bertz CT molecular complexity index is 1070. The number of rotatable bonds is 9. The fourth-order valence-electron chi connectivity index (χ4n) is 3.96. The van der Waals surface area contributed by atoms with Gasteiger partial charge in [-0.3, -0.25) is 4.79 Å². The minimum Gasteiger partial charge on any atom is -0.458 e. The van der Waals surface area contributed by atoms with E-state index in [-0.39, 0.29) is 12.5 Å². The summed E-state index contributed by atoms with van der Waals surface area (Å²) in [5.74, 6) is 2.55. The SMILES string of the molecule is Cc1cc(C)n(-c2cc(NC(=O)CNCCCN3CCCC3)nc(-c3ccc(C)o3)n2)n1. The first kappa shape index (κ1) is 22.2. The van der Waals surface area contributed by atoms with Crippen LogP contribution in [0.4, 0.5) is 5.82 Å². The van der Waals surface area contributed by atoms with Gasteiger partial charge in [-0.25, -0.2) is 14.6 Å². The summed E-state index contributed by atoms with van der Waals surface area (Å²) in [5.41, 5.74) is 1.83. The summed E-state index contributed by atoms with van der Waals surface area (Å²) >= 11 is 0. The van der Waals surface area contributed by atoms with Crippen LogP contribution in [-0.2, 0) is 4.79 Å². The number of anilines is 1. The number of aryl methyl sites for hydroxylation is 3. The van der Waals surface area contributed by atoms with Crippen molar-refractivity contribution in [2.24, 2.45) is 0 Å². The Balaban J connectivity index is 1.43. The topological polar surface area (TPSA) is 101 Å². The molecule has 0 aromatic carbocycles. The van der Waals surface area contributed by atoms with Crippen molar-refractivity contribution in [2.45, 2.75) is 40.0 Å². The number of aromatic nitrogens is 4. The zero-order chi connectivity index (χ0) is 22.5. The maximum Gasteiger partial charge on any atom is 0.239 e. The van der Waals surface area contributed by atoms with Crippen LogP contribution in [0.25, 0.3) is 17.4 Å². The van der Waals surface area contributed by atoms with Gasteiger partial charge < -0.3 is 20.0 Å². The standard InChI is InChI=1S/C23H31N7O2/c1-16-13-17(2)30(28-16)21-14-20(26-23(27-21)19-8-7-18(3)32-19)25-22(31)15-24-9-6-12-29-10-4-5-11-29/h7-8,13-14,24H,4-6,9-12,15H2,1-3H3,(H,25,26,27,31). The van der Waals surface area contributed by atoms with Crippen molar-refractivity contribution < 1.29 is 9.21 Å². The van der Waals surface area contributed by atoms with E-state index < -0.39 is 0 Å². The quantitative estimate of drug-likeness (QED) is 0.496. The van der Waals surface area contributed by atoms with Crippen LogP contribution in [0.15, 0.2) is 28.7 Å². The van der Waals surface area contributed by atoms with Crippen LogP contribution in [-0.4, -0.2) is 63.3 Å². The van der Waals surface area contributed by atoms with Crippen molar-refractivity contribution in [3.05, 3.63) is 41.4 Å². The average Bonchev–Trinajstić information content (AvgIpc) is 3.49. The molecule has 170 valence electrons. The van der Waals surface area contributed by atoms with E-state index in [9.17, 15) is 4.79 Å². The Morgan fingerprint density at radius 3 is 2.62 bits per heavy atom. The molecule has 1 saturated heterocycles. The molecule has 0 saturated carbocycles. The molecule has 32 heavy (non-hydrogen) atoms. The van der Waals surface area contributed by atoms with Gasteiger partial charge in [-0.15, -0.1) is 0 Å². The molecule has 1 amide bonds. The first-order chi connectivity index (χ1) is 15.5. The van der Waals surface area contributed by atoms with E-state index >= 15 is 0 Å². The third kappa shape index (κ3) is 5.60. The lowest BCUT2D eigenvalue weighted by Gasteiger charge is -2.14. The van der Waals surface area contributed by atoms with Gasteiger partial charge in [0.2, 0.25) is 5.91 Å². The number of furan rings is 1. The predicted octanol–water partition coefficient (Wildman–Crippen LogP) is 2.86. The van der Waals surface area contributed by atoms with Gasteiger partial charge in [0.15, 0.2) is 17.4 Å². The van der Waals surface area contributed by atoms with Crippen LogP contribution in [0.5, 0.6) is 0 Å². The molecule has 4 rings (SSSR count). The molecular weight excluding hydrogens is 406 g/mol. The first-order valence-electron chi connectivity index (χ1n) is 11.2. The molecule has 4 heterocycles. The Labute approximate surface area is 188 Å². The van der Waals surface area contributed by atoms with E-state index in [0.29, 0.717) is 23.2 Å². The highest BCUT2D eigenvalue weighted by atomic mass is 16.3. The zero-order valence-corrected chi connectivity index (χ0v) is 19.0. The highest BCUT2D eigenvalue weighted by Crippen LogP contribution is 2.22. The molecule has 0 radical (unpaired) electrons. The maximum atomic E-state index is 12.5. The zero-order valence-electron chi connectivity index (χ0n) is 19.0. The highest BCUT2D eigenvalue weighted by Gasteiger charge is 2.15. The van der Waals surface area contributed by atoms with Crippen molar-refractivity contribution in [3.8, 4) is 17.4 Å². The average molecular weight is 438 g/mol. The Kier molecular flexibility index (Phi) is 6.96. The van der Waals surface area contributed by atoms with Gasteiger partial charge in [0.25, 0.3) is 0 Å². The lowest BCUT2D eigenvalue weighted by Crippen LogP contribution is -2.31. The van der Waals surface area contributed by atoms with Crippen molar-refractivity contribution >= 4 is 11.7 Å². The summed E-state index contributed by atoms with van der Waals surface area (Å²) < 4.78 is 7.44. The van der Waals surface area contributed by atoms with Crippen LogP contribution in [0, 0.1) is 20.8 Å². The van der Waals surface area contributed by atoms with Crippen molar-refractivity contribution in [1.82, 2.24) is 30.0 Å². The Morgan fingerprint density at radius 2 is 1.94 bits per heavy atom.